The number of aryl methyl sites for hydroxylation is 2. The van der Waals surface area contributed by atoms with Crippen LogP contribution in [0.2, 0.25) is 0 Å². The quantitative estimate of drug-likeness (QED) is 0.453. The molecule has 7 nitrogen and oxygen atoms in total. The number of carbonyl (C=O) groups is 1. The number of rotatable bonds is 6. The molecule has 4 aromatic rings. The maximum atomic E-state index is 12.9. The number of nitrogens with zero attached hydrogens (tertiary/aromatic N) is 3. The average molecular weight is 489 g/mol. The highest BCUT2D eigenvalue weighted by atomic mass is 32.1. The molecule has 0 radical (unpaired) electrons. The van der Waals surface area contributed by atoms with Crippen molar-refractivity contribution in [1.82, 2.24) is 14.3 Å². The van der Waals surface area contributed by atoms with Crippen molar-refractivity contribution in [2.75, 3.05) is 12.4 Å². The third-order valence-electron chi connectivity index (χ3n) is 5.85. The minimum absolute atomic E-state index is 0.156. The summed E-state index contributed by atoms with van der Waals surface area (Å²) in [5, 5.41) is 7.50. The lowest BCUT2D eigenvalue weighted by atomic mass is 10.1. The zero-order chi connectivity index (χ0) is 25.1. The molecule has 2 heterocycles. The van der Waals surface area contributed by atoms with Crippen molar-refractivity contribution in [2.24, 2.45) is 7.05 Å². The van der Waals surface area contributed by atoms with E-state index in [4.69, 9.17) is 9.84 Å². The molecule has 0 spiro atoms. The minimum Gasteiger partial charge on any atom is -0.495 e. The number of nitrogens with one attached hydrogen (secondary N) is 1. The average Bonchev–Trinajstić information content (AvgIpc) is 3.25. The number of thiazole rings is 1. The SMILES string of the molecule is COc1ccccc1NC(=O)/C=c1\s/c(=C\c2c(C)nn(Cc3ccc(C)cc3)c2C)c(=O)n1C. The van der Waals surface area contributed by atoms with E-state index in [1.54, 1.807) is 26.3 Å². The molecule has 35 heavy (non-hydrogen) atoms. The number of hydrogen-bond acceptors (Lipinski definition) is 5. The third-order valence-corrected chi connectivity index (χ3v) is 6.96. The van der Waals surface area contributed by atoms with E-state index >= 15 is 0 Å². The van der Waals surface area contributed by atoms with E-state index in [1.165, 1.54) is 27.5 Å². The van der Waals surface area contributed by atoms with Gasteiger partial charge in [-0.15, -0.1) is 11.3 Å². The van der Waals surface area contributed by atoms with E-state index in [0.29, 0.717) is 27.2 Å². The molecule has 0 saturated heterocycles. The molecule has 0 bridgehead atoms. The Labute approximate surface area is 207 Å². The first-order valence-electron chi connectivity index (χ1n) is 11.2. The van der Waals surface area contributed by atoms with Gasteiger partial charge in [0.05, 0.1) is 29.6 Å². The van der Waals surface area contributed by atoms with Crippen molar-refractivity contribution in [3.05, 3.63) is 96.2 Å². The molecular weight excluding hydrogens is 460 g/mol. The lowest BCUT2D eigenvalue weighted by Gasteiger charge is -2.07. The fraction of sp³-hybridized carbons (Fsp3) is 0.222. The van der Waals surface area contributed by atoms with Crippen molar-refractivity contribution in [1.29, 1.82) is 0 Å². The smallest absolute Gasteiger partial charge is 0.268 e. The Balaban J connectivity index is 1.65. The molecule has 8 heteroatoms. The molecule has 1 N–H and O–H groups in total. The number of amides is 1. The number of benzene rings is 2. The summed E-state index contributed by atoms with van der Waals surface area (Å²) in [4.78, 5) is 25.6. The molecule has 2 aromatic heterocycles. The Morgan fingerprint density at radius 1 is 1.11 bits per heavy atom. The van der Waals surface area contributed by atoms with Crippen molar-refractivity contribution in [3.63, 3.8) is 0 Å². The van der Waals surface area contributed by atoms with Crippen LogP contribution in [0.25, 0.3) is 12.2 Å². The van der Waals surface area contributed by atoms with Gasteiger partial charge in [-0.1, -0.05) is 42.0 Å². The molecule has 4 rings (SSSR count). The first kappa shape index (κ1) is 24.2. The normalized spacial score (nSPS) is 12.3. The standard InChI is InChI=1S/C27H28N4O3S/c1-17-10-12-20(13-11-17)16-31-19(3)21(18(2)29-31)14-24-27(33)30(4)26(35-24)15-25(32)28-22-8-6-7-9-23(22)34-5/h6-15H,16H2,1-5H3,(H,28,32)/b24-14-,26-15-. The van der Waals surface area contributed by atoms with E-state index in [9.17, 15) is 9.59 Å². The van der Waals surface area contributed by atoms with E-state index in [0.717, 1.165) is 22.5 Å². The monoisotopic (exact) mass is 488 g/mol. The highest BCUT2D eigenvalue weighted by Gasteiger charge is 2.12. The number of carbonyl (C=O) groups excluding carboxylic acids is 1. The van der Waals surface area contributed by atoms with Gasteiger partial charge in [0.2, 0.25) is 0 Å². The van der Waals surface area contributed by atoms with Gasteiger partial charge in [-0.3, -0.25) is 14.3 Å². The zero-order valence-electron chi connectivity index (χ0n) is 20.5. The zero-order valence-corrected chi connectivity index (χ0v) is 21.3. The molecule has 0 aliphatic rings. The molecule has 1 amide bonds. The van der Waals surface area contributed by atoms with Crippen LogP contribution >= 0.6 is 11.3 Å². The maximum absolute atomic E-state index is 12.9. The largest absolute Gasteiger partial charge is 0.495 e. The van der Waals surface area contributed by atoms with Crippen molar-refractivity contribution >= 4 is 35.1 Å². The van der Waals surface area contributed by atoms with Gasteiger partial charge in [0.15, 0.2) is 0 Å². The van der Waals surface area contributed by atoms with Gasteiger partial charge in [-0.2, -0.15) is 5.10 Å². The van der Waals surface area contributed by atoms with Gasteiger partial charge in [0.1, 0.15) is 10.4 Å². The van der Waals surface area contributed by atoms with Crippen molar-refractivity contribution in [3.8, 4) is 5.75 Å². The number of anilines is 1. The first-order valence-corrected chi connectivity index (χ1v) is 12.0. The molecule has 2 aromatic carbocycles. The fourth-order valence-corrected chi connectivity index (χ4v) is 4.82. The van der Waals surface area contributed by atoms with Crippen LogP contribution in [-0.2, 0) is 18.4 Å². The predicted octanol–water partition coefficient (Wildman–Crippen LogP) is 2.87. The second-order valence-electron chi connectivity index (χ2n) is 8.37. The van der Waals surface area contributed by atoms with E-state index < -0.39 is 0 Å². The fourth-order valence-electron chi connectivity index (χ4n) is 3.81. The Morgan fingerprint density at radius 3 is 2.54 bits per heavy atom. The topological polar surface area (TPSA) is 78.2 Å². The van der Waals surface area contributed by atoms with Crippen molar-refractivity contribution < 1.29 is 9.53 Å². The number of para-hydroxylation sites is 2. The van der Waals surface area contributed by atoms with Gasteiger partial charge < -0.3 is 14.6 Å². The van der Waals surface area contributed by atoms with Crippen molar-refractivity contribution in [2.45, 2.75) is 27.3 Å². The summed E-state index contributed by atoms with van der Waals surface area (Å²) in [6, 6.07) is 15.6. The Bertz CT molecular complexity index is 1560. The minimum atomic E-state index is -0.337. The molecule has 0 unspecified atom stereocenters. The molecule has 180 valence electrons. The van der Waals surface area contributed by atoms with Gasteiger partial charge in [0, 0.05) is 24.4 Å². The van der Waals surface area contributed by atoms with Gasteiger partial charge in [-0.05, 0) is 44.5 Å². The molecular formula is C27H28N4O3S. The maximum Gasteiger partial charge on any atom is 0.268 e. The van der Waals surface area contributed by atoms with Crippen LogP contribution in [0.3, 0.4) is 0 Å². The van der Waals surface area contributed by atoms with Crippen LogP contribution in [0.4, 0.5) is 5.69 Å². The second-order valence-corrected chi connectivity index (χ2v) is 9.44. The lowest BCUT2D eigenvalue weighted by Crippen LogP contribution is -2.29. The number of ether oxygens (including phenoxy) is 1. The summed E-state index contributed by atoms with van der Waals surface area (Å²) in [6.07, 6.45) is 3.29. The Kier molecular flexibility index (Phi) is 7.02. The van der Waals surface area contributed by atoms with Crippen LogP contribution in [-0.4, -0.2) is 27.4 Å². The van der Waals surface area contributed by atoms with Crippen LogP contribution in [0.5, 0.6) is 5.75 Å². The number of methoxy groups -OCH3 is 1. The number of aromatic nitrogens is 3. The summed E-state index contributed by atoms with van der Waals surface area (Å²) in [6.45, 7) is 6.67. The molecule has 0 fully saturated rings. The van der Waals surface area contributed by atoms with Gasteiger partial charge in [0.25, 0.3) is 11.5 Å². The highest BCUT2D eigenvalue weighted by Crippen LogP contribution is 2.22. The molecule has 0 saturated carbocycles. The third kappa shape index (κ3) is 5.27. The van der Waals surface area contributed by atoms with Gasteiger partial charge in [-0.25, -0.2) is 0 Å². The summed E-state index contributed by atoms with van der Waals surface area (Å²) < 4.78 is 9.82. The molecule has 0 aliphatic heterocycles. The van der Waals surface area contributed by atoms with Gasteiger partial charge >= 0.3 is 0 Å². The van der Waals surface area contributed by atoms with E-state index in [-0.39, 0.29) is 11.5 Å². The Hall–Kier alpha value is -3.91. The summed E-state index contributed by atoms with van der Waals surface area (Å²) in [5.74, 6) is 0.230. The first-order chi connectivity index (χ1) is 16.8. The van der Waals surface area contributed by atoms with Crippen LogP contribution < -0.4 is 24.8 Å². The van der Waals surface area contributed by atoms with Crippen LogP contribution in [0.15, 0.2) is 53.3 Å². The molecule has 0 aliphatic carbocycles. The Morgan fingerprint density at radius 2 is 1.83 bits per heavy atom. The summed E-state index contributed by atoms with van der Waals surface area (Å²) in [7, 11) is 3.21. The predicted molar refractivity (Wildman–Crippen MR) is 140 cm³/mol. The summed E-state index contributed by atoms with van der Waals surface area (Å²) >= 11 is 1.27. The second kappa shape index (κ2) is 10.1. The molecule has 0 atom stereocenters. The lowest BCUT2D eigenvalue weighted by molar-refractivity contribution is -0.110. The van der Waals surface area contributed by atoms with Crippen LogP contribution in [0.1, 0.15) is 28.1 Å². The van der Waals surface area contributed by atoms with E-state index in [2.05, 4.69) is 36.5 Å². The summed E-state index contributed by atoms with van der Waals surface area (Å²) in [5.41, 5.74) is 5.54. The highest BCUT2D eigenvalue weighted by molar-refractivity contribution is 7.07. The number of hydrogen-bond donors (Lipinski definition) is 1. The van der Waals surface area contributed by atoms with E-state index in [1.807, 2.05) is 36.7 Å². The van der Waals surface area contributed by atoms with Crippen LogP contribution in [0, 0.1) is 20.8 Å².